The van der Waals surface area contributed by atoms with Crippen LogP contribution in [0.2, 0.25) is 0 Å². The topological polar surface area (TPSA) is 61.9 Å². The molecule has 84 valence electrons. The summed E-state index contributed by atoms with van der Waals surface area (Å²) in [6.07, 6.45) is 2.20. The van der Waals surface area contributed by atoms with E-state index in [4.69, 9.17) is 0 Å². The number of thiophene rings is 1. The molecule has 6 heteroatoms. The Morgan fingerprint density at radius 2 is 2.50 bits per heavy atom. The first-order valence-electron chi connectivity index (χ1n) is 4.90. The number of H-pyrrole nitrogens is 1. The van der Waals surface area contributed by atoms with E-state index in [2.05, 4.69) is 21.2 Å². The van der Waals surface area contributed by atoms with E-state index in [0.29, 0.717) is 6.54 Å². The van der Waals surface area contributed by atoms with Crippen LogP contribution < -0.4 is 0 Å². The molecule has 2 rings (SSSR count). The van der Waals surface area contributed by atoms with Crippen LogP contribution in [0.1, 0.15) is 15.5 Å². The van der Waals surface area contributed by atoms with Gasteiger partial charge in [-0.1, -0.05) is 6.07 Å². The molecule has 2 aromatic rings. The summed E-state index contributed by atoms with van der Waals surface area (Å²) in [5, 5.41) is 8.25. The fourth-order valence-electron chi connectivity index (χ4n) is 1.32. The third-order valence-electron chi connectivity index (χ3n) is 2.24. The number of carbonyl (C=O) groups is 1. The Bertz CT molecular complexity index is 437. The average molecular weight is 236 g/mol. The summed E-state index contributed by atoms with van der Waals surface area (Å²) in [4.78, 5) is 18.5. The van der Waals surface area contributed by atoms with Crippen LogP contribution in [-0.4, -0.2) is 39.6 Å². The largest absolute Gasteiger partial charge is 0.339 e. The molecule has 0 saturated carbocycles. The predicted molar refractivity (Wildman–Crippen MR) is 61.4 cm³/mol. The highest BCUT2D eigenvalue weighted by Crippen LogP contribution is 2.09. The highest BCUT2D eigenvalue weighted by Gasteiger charge is 2.13. The van der Waals surface area contributed by atoms with Gasteiger partial charge in [-0.15, -0.1) is 11.3 Å². The van der Waals surface area contributed by atoms with E-state index in [1.165, 1.54) is 11.2 Å². The molecule has 2 heterocycles. The zero-order chi connectivity index (χ0) is 11.4. The first-order chi connectivity index (χ1) is 7.77. The fraction of sp³-hybridized carbons (Fsp3) is 0.300. The van der Waals surface area contributed by atoms with Crippen molar-refractivity contribution >= 4 is 17.2 Å². The molecule has 0 spiro atoms. The van der Waals surface area contributed by atoms with E-state index in [-0.39, 0.29) is 11.7 Å². The predicted octanol–water partition coefficient (Wildman–Crippen LogP) is 1.18. The molecule has 0 aromatic carbocycles. The Kier molecular flexibility index (Phi) is 3.31. The van der Waals surface area contributed by atoms with Crippen molar-refractivity contribution in [2.75, 3.05) is 13.6 Å². The smallest absolute Gasteiger partial charge is 0.290 e. The maximum Gasteiger partial charge on any atom is 0.290 e. The first kappa shape index (κ1) is 10.8. The Balaban J connectivity index is 1.89. The molecule has 1 N–H and O–H groups in total. The standard InChI is InChI=1S/C10H12N4OS/c1-14(5-4-8-3-2-6-16-8)10(15)9-11-7-12-13-9/h2-3,6-7H,4-5H2,1H3,(H,11,12,13). The number of aromatic nitrogens is 3. The summed E-state index contributed by atoms with van der Waals surface area (Å²) in [5.74, 6) is 0.155. The van der Waals surface area contributed by atoms with Crippen molar-refractivity contribution in [2.24, 2.45) is 0 Å². The summed E-state index contributed by atoms with van der Waals surface area (Å²) in [6.45, 7) is 0.681. The molecule has 0 radical (unpaired) electrons. The van der Waals surface area contributed by atoms with Gasteiger partial charge >= 0.3 is 0 Å². The Hall–Kier alpha value is -1.69. The number of hydrogen-bond donors (Lipinski definition) is 1. The number of nitrogens with one attached hydrogen (secondary N) is 1. The minimum atomic E-state index is -0.131. The van der Waals surface area contributed by atoms with Crippen LogP contribution in [0.5, 0.6) is 0 Å². The van der Waals surface area contributed by atoms with Crippen molar-refractivity contribution in [1.29, 1.82) is 0 Å². The van der Waals surface area contributed by atoms with E-state index < -0.39 is 0 Å². The summed E-state index contributed by atoms with van der Waals surface area (Å²) < 4.78 is 0. The zero-order valence-electron chi connectivity index (χ0n) is 8.88. The van der Waals surface area contributed by atoms with Crippen molar-refractivity contribution in [1.82, 2.24) is 20.1 Å². The summed E-state index contributed by atoms with van der Waals surface area (Å²) >= 11 is 1.70. The second-order valence-electron chi connectivity index (χ2n) is 3.39. The lowest BCUT2D eigenvalue weighted by molar-refractivity contribution is 0.0785. The van der Waals surface area contributed by atoms with Crippen molar-refractivity contribution in [3.05, 3.63) is 34.5 Å². The summed E-state index contributed by atoms with van der Waals surface area (Å²) in [7, 11) is 1.76. The number of carbonyl (C=O) groups excluding carboxylic acids is 1. The van der Waals surface area contributed by atoms with Gasteiger partial charge in [-0.2, -0.15) is 5.10 Å². The Labute approximate surface area is 97.1 Å². The van der Waals surface area contributed by atoms with E-state index in [9.17, 15) is 4.79 Å². The zero-order valence-corrected chi connectivity index (χ0v) is 9.70. The minimum absolute atomic E-state index is 0.131. The summed E-state index contributed by atoms with van der Waals surface area (Å²) in [5.41, 5.74) is 0. The lowest BCUT2D eigenvalue weighted by atomic mass is 10.3. The molecular formula is C10H12N4OS. The highest BCUT2D eigenvalue weighted by molar-refractivity contribution is 7.09. The minimum Gasteiger partial charge on any atom is -0.339 e. The van der Waals surface area contributed by atoms with E-state index in [0.717, 1.165) is 6.42 Å². The van der Waals surface area contributed by atoms with Crippen LogP contribution in [0.25, 0.3) is 0 Å². The highest BCUT2D eigenvalue weighted by atomic mass is 32.1. The molecule has 0 aliphatic rings. The van der Waals surface area contributed by atoms with Gasteiger partial charge in [0.25, 0.3) is 5.91 Å². The van der Waals surface area contributed by atoms with Crippen LogP contribution >= 0.6 is 11.3 Å². The molecule has 2 aromatic heterocycles. The van der Waals surface area contributed by atoms with Gasteiger partial charge in [-0.05, 0) is 17.9 Å². The van der Waals surface area contributed by atoms with E-state index in [1.54, 1.807) is 23.3 Å². The number of rotatable bonds is 4. The van der Waals surface area contributed by atoms with Gasteiger partial charge in [-0.3, -0.25) is 9.89 Å². The van der Waals surface area contributed by atoms with Crippen LogP contribution in [0, 0.1) is 0 Å². The lowest BCUT2D eigenvalue weighted by Gasteiger charge is -2.14. The third-order valence-corrected chi connectivity index (χ3v) is 3.17. The number of aromatic amines is 1. The quantitative estimate of drug-likeness (QED) is 0.867. The van der Waals surface area contributed by atoms with Crippen molar-refractivity contribution in [3.63, 3.8) is 0 Å². The van der Waals surface area contributed by atoms with Crippen LogP contribution in [-0.2, 0) is 6.42 Å². The van der Waals surface area contributed by atoms with Gasteiger partial charge in [-0.25, -0.2) is 4.98 Å². The third kappa shape index (κ3) is 2.46. The van der Waals surface area contributed by atoms with Crippen molar-refractivity contribution in [2.45, 2.75) is 6.42 Å². The van der Waals surface area contributed by atoms with Gasteiger partial charge in [0, 0.05) is 18.5 Å². The number of amides is 1. The van der Waals surface area contributed by atoms with Gasteiger partial charge in [0.2, 0.25) is 5.82 Å². The maximum atomic E-state index is 11.8. The normalized spacial score (nSPS) is 10.3. The molecule has 0 bridgehead atoms. The number of hydrogen-bond acceptors (Lipinski definition) is 4. The van der Waals surface area contributed by atoms with Crippen molar-refractivity contribution < 1.29 is 4.79 Å². The first-order valence-corrected chi connectivity index (χ1v) is 5.78. The van der Waals surface area contributed by atoms with E-state index >= 15 is 0 Å². The number of likely N-dealkylation sites (N-methyl/N-ethyl adjacent to an activating group) is 1. The van der Waals surface area contributed by atoms with Crippen LogP contribution in [0.3, 0.4) is 0 Å². The second kappa shape index (κ2) is 4.89. The molecular weight excluding hydrogens is 224 g/mol. The molecule has 0 atom stereocenters. The van der Waals surface area contributed by atoms with E-state index in [1.807, 2.05) is 11.4 Å². The molecule has 0 fully saturated rings. The SMILES string of the molecule is CN(CCc1cccs1)C(=O)c1ncn[nH]1. The summed E-state index contributed by atoms with van der Waals surface area (Å²) in [6, 6.07) is 4.08. The van der Waals surface area contributed by atoms with Gasteiger partial charge in [0.15, 0.2) is 0 Å². The number of nitrogens with zero attached hydrogens (tertiary/aromatic N) is 3. The average Bonchev–Trinajstić information content (AvgIpc) is 2.96. The van der Waals surface area contributed by atoms with Crippen molar-refractivity contribution in [3.8, 4) is 0 Å². The monoisotopic (exact) mass is 236 g/mol. The molecule has 5 nitrogen and oxygen atoms in total. The molecule has 1 amide bonds. The lowest BCUT2D eigenvalue weighted by Crippen LogP contribution is -2.29. The van der Waals surface area contributed by atoms with Gasteiger partial charge in [0.05, 0.1) is 0 Å². The Morgan fingerprint density at radius 3 is 3.12 bits per heavy atom. The van der Waals surface area contributed by atoms with Crippen LogP contribution in [0.15, 0.2) is 23.8 Å². The van der Waals surface area contributed by atoms with Crippen LogP contribution in [0.4, 0.5) is 0 Å². The van der Waals surface area contributed by atoms with Gasteiger partial charge in [0.1, 0.15) is 6.33 Å². The second-order valence-corrected chi connectivity index (χ2v) is 4.42. The molecule has 0 saturated heterocycles. The molecule has 0 aliphatic heterocycles. The molecule has 0 unspecified atom stereocenters. The Morgan fingerprint density at radius 1 is 1.62 bits per heavy atom. The maximum absolute atomic E-state index is 11.8. The molecule has 0 aliphatic carbocycles. The molecule has 16 heavy (non-hydrogen) atoms. The van der Waals surface area contributed by atoms with Gasteiger partial charge < -0.3 is 4.90 Å². The fourth-order valence-corrected chi connectivity index (χ4v) is 2.02.